The molecule has 0 radical (unpaired) electrons. The molecule has 0 aromatic heterocycles. The minimum Gasteiger partial charge on any atom is -0.457 e. The van der Waals surface area contributed by atoms with Crippen molar-refractivity contribution < 1.29 is 4.74 Å². The highest BCUT2D eigenvalue weighted by Gasteiger charge is 2.00. The van der Waals surface area contributed by atoms with Crippen LogP contribution in [-0.2, 0) is 0 Å². The third kappa shape index (κ3) is 4.02. The number of hydrogen-bond donors (Lipinski definition) is 2. The first-order valence-corrected chi connectivity index (χ1v) is 7.19. The van der Waals surface area contributed by atoms with E-state index in [0.717, 1.165) is 17.1 Å². The van der Waals surface area contributed by atoms with Crippen LogP contribution in [0, 0.1) is 11.3 Å². The molecule has 0 amide bonds. The number of rotatable bonds is 5. The average molecular weight is 301 g/mol. The molecule has 0 saturated carbocycles. The molecule has 0 aliphatic rings. The van der Waals surface area contributed by atoms with Gasteiger partial charge in [0.1, 0.15) is 11.5 Å². The second-order valence-electron chi connectivity index (χ2n) is 4.88. The predicted molar refractivity (Wildman–Crippen MR) is 91.4 cm³/mol. The molecule has 0 atom stereocenters. The van der Waals surface area contributed by atoms with Gasteiger partial charge in [0.2, 0.25) is 0 Å². The maximum Gasteiger partial charge on any atom is 0.129 e. The van der Waals surface area contributed by atoms with Crippen LogP contribution in [0.1, 0.15) is 5.56 Å². The molecule has 112 valence electrons. The average Bonchev–Trinajstić information content (AvgIpc) is 2.62. The maximum absolute atomic E-state index is 8.80. The van der Waals surface area contributed by atoms with Crippen molar-refractivity contribution >= 4 is 11.4 Å². The Morgan fingerprint density at radius 1 is 0.696 bits per heavy atom. The molecule has 0 saturated heterocycles. The van der Waals surface area contributed by atoms with Crippen molar-refractivity contribution in [2.24, 2.45) is 0 Å². The summed E-state index contributed by atoms with van der Waals surface area (Å²) in [6.45, 7) is 0. The van der Waals surface area contributed by atoms with Gasteiger partial charge in [-0.15, -0.1) is 0 Å². The number of hydrazine groups is 1. The van der Waals surface area contributed by atoms with Crippen LogP contribution in [0.5, 0.6) is 11.5 Å². The van der Waals surface area contributed by atoms with Crippen molar-refractivity contribution in [1.82, 2.24) is 0 Å². The van der Waals surface area contributed by atoms with Gasteiger partial charge in [-0.1, -0.05) is 24.3 Å². The van der Waals surface area contributed by atoms with Crippen LogP contribution in [0.3, 0.4) is 0 Å². The maximum atomic E-state index is 8.80. The van der Waals surface area contributed by atoms with Crippen LogP contribution >= 0.6 is 0 Å². The molecule has 3 aromatic carbocycles. The Labute approximate surface area is 134 Å². The van der Waals surface area contributed by atoms with E-state index in [4.69, 9.17) is 10.00 Å². The number of nitriles is 1. The number of ether oxygens (including phenoxy) is 1. The van der Waals surface area contributed by atoms with E-state index in [1.807, 2.05) is 54.6 Å². The number of anilines is 2. The molecule has 3 rings (SSSR count). The summed E-state index contributed by atoms with van der Waals surface area (Å²) < 4.78 is 5.79. The highest BCUT2D eigenvalue weighted by atomic mass is 16.5. The van der Waals surface area contributed by atoms with Crippen molar-refractivity contribution in [1.29, 1.82) is 5.26 Å². The lowest BCUT2D eigenvalue weighted by Gasteiger charge is -2.11. The Morgan fingerprint density at radius 3 is 2.13 bits per heavy atom. The SMILES string of the molecule is N#Cc1ccc(Oc2cccc(NNc3ccccc3)c2)cc1. The van der Waals surface area contributed by atoms with Gasteiger partial charge >= 0.3 is 0 Å². The summed E-state index contributed by atoms with van der Waals surface area (Å²) in [6.07, 6.45) is 0. The van der Waals surface area contributed by atoms with E-state index in [0.29, 0.717) is 11.3 Å². The van der Waals surface area contributed by atoms with Gasteiger partial charge in [0.15, 0.2) is 0 Å². The molecule has 4 heteroatoms. The molecule has 0 bridgehead atoms. The minimum absolute atomic E-state index is 0.611. The molecular weight excluding hydrogens is 286 g/mol. The molecule has 0 aliphatic heterocycles. The van der Waals surface area contributed by atoms with Crippen molar-refractivity contribution in [3.63, 3.8) is 0 Å². The van der Waals surface area contributed by atoms with Crippen LogP contribution in [0.4, 0.5) is 11.4 Å². The van der Waals surface area contributed by atoms with Crippen molar-refractivity contribution in [3.05, 3.63) is 84.4 Å². The predicted octanol–water partition coefficient (Wildman–Crippen LogP) is 4.79. The largest absolute Gasteiger partial charge is 0.457 e. The van der Waals surface area contributed by atoms with E-state index in [1.165, 1.54) is 0 Å². The van der Waals surface area contributed by atoms with Gasteiger partial charge < -0.3 is 15.6 Å². The van der Waals surface area contributed by atoms with Gasteiger partial charge in [0.25, 0.3) is 0 Å². The van der Waals surface area contributed by atoms with Crippen LogP contribution in [0.15, 0.2) is 78.9 Å². The minimum atomic E-state index is 0.611. The summed E-state index contributed by atoms with van der Waals surface area (Å²) in [4.78, 5) is 0. The Hall–Kier alpha value is -3.45. The van der Waals surface area contributed by atoms with Crippen LogP contribution < -0.4 is 15.6 Å². The lowest BCUT2D eigenvalue weighted by Crippen LogP contribution is -2.08. The van der Waals surface area contributed by atoms with Crippen LogP contribution in [0.25, 0.3) is 0 Å². The summed E-state index contributed by atoms with van der Waals surface area (Å²) >= 11 is 0. The van der Waals surface area contributed by atoms with E-state index >= 15 is 0 Å². The molecule has 0 fully saturated rings. The van der Waals surface area contributed by atoms with Gasteiger partial charge in [0.05, 0.1) is 23.0 Å². The lowest BCUT2D eigenvalue weighted by molar-refractivity contribution is 0.483. The Morgan fingerprint density at radius 2 is 1.39 bits per heavy atom. The standard InChI is InChI=1S/C19H15N3O/c20-14-15-9-11-18(12-10-15)23-19-8-4-7-17(13-19)22-21-16-5-2-1-3-6-16/h1-13,21-22H. The van der Waals surface area contributed by atoms with Gasteiger partial charge in [-0.25, -0.2) is 0 Å². The summed E-state index contributed by atoms with van der Waals surface area (Å²) in [5, 5.41) is 8.80. The molecule has 3 aromatic rings. The second-order valence-corrected chi connectivity index (χ2v) is 4.88. The Bertz CT molecular complexity index is 808. The molecule has 0 unspecified atom stereocenters. The van der Waals surface area contributed by atoms with E-state index in [2.05, 4.69) is 16.9 Å². The topological polar surface area (TPSA) is 57.1 Å². The monoisotopic (exact) mass is 301 g/mol. The second kappa shape index (κ2) is 7.01. The number of hydrogen-bond acceptors (Lipinski definition) is 4. The zero-order chi connectivity index (χ0) is 15.9. The van der Waals surface area contributed by atoms with Crippen molar-refractivity contribution in [3.8, 4) is 17.6 Å². The number of para-hydroxylation sites is 1. The smallest absolute Gasteiger partial charge is 0.129 e. The Kier molecular flexibility index (Phi) is 4.41. The van der Waals surface area contributed by atoms with E-state index in [9.17, 15) is 0 Å². The number of nitrogens with zero attached hydrogens (tertiary/aromatic N) is 1. The molecule has 4 nitrogen and oxygen atoms in total. The summed E-state index contributed by atoms with van der Waals surface area (Å²) in [7, 11) is 0. The van der Waals surface area contributed by atoms with Gasteiger partial charge in [0, 0.05) is 6.07 Å². The fourth-order valence-corrected chi connectivity index (χ4v) is 2.04. The normalized spacial score (nSPS) is 9.70. The van der Waals surface area contributed by atoms with E-state index in [1.54, 1.807) is 24.3 Å². The van der Waals surface area contributed by atoms with E-state index in [-0.39, 0.29) is 0 Å². The van der Waals surface area contributed by atoms with Gasteiger partial charge in [-0.05, 0) is 48.5 Å². The molecular formula is C19H15N3O. The first kappa shape index (κ1) is 14.5. The fraction of sp³-hybridized carbons (Fsp3) is 0. The zero-order valence-electron chi connectivity index (χ0n) is 12.4. The summed E-state index contributed by atoms with van der Waals surface area (Å²) in [5.74, 6) is 1.41. The highest BCUT2D eigenvalue weighted by molar-refractivity contribution is 5.55. The van der Waals surface area contributed by atoms with Crippen LogP contribution in [-0.4, -0.2) is 0 Å². The van der Waals surface area contributed by atoms with Crippen LogP contribution in [0.2, 0.25) is 0 Å². The van der Waals surface area contributed by atoms with Crippen molar-refractivity contribution in [2.75, 3.05) is 10.9 Å². The first-order chi connectivity index (χ1) is 11.3. The summed E-state index contributed by atoms with van der Waals surface area (Å²) in [5.41, 5.74) is 8.74. The molecule has 0 aliphatic carbocycles. The lowest BCUT2D eigenvalue weighted by atomic mass is 10.2. The van der Waals surface area contributed by atoms with Crippen molar-refractivity contribution in [2.45, 2.75) is 0 Å². The first-order valence-electron chi connectivity index (χ1n) is 7.19. The molecule has 2 N–H and O–H groups in total. The number of benzene rings is 3. The van der Waals surface area contributed by atoms with E-state index < -0.39 is 0 Å². The molecule has 0 heterocycles. The Balaban J connectivity index is 1.66. The zero-order valence-corrected chi connectivity index (χ0v) is 12.4. The van der Waals surface area contributed by atoms with Gasteiger partial charge in [-0.3, -0.25) is 0 Å². The summed E-state index contributed by atoms with van der Waals surface area (Å²) in [6, 6.07) is 26.6. The molecule has 0 spiro atoms. The third-order valence-corrected chi connectivity index (χ3v) is 3.18. The number of nitrogens with one attached hydrogen (secondary N) is 2. The third-order valence-electron chi connectivity index (χ3n) is 3.18. The van der Waals surface area contributed by atoms with Gasteiger partial charge in [-0.2, -0.15) is 5.26 Å². The molecule has 23 heavy (non-hydrogen) atoms. The fourth-order valence-electron chi connectivity index (χ4n) is 2.04. The quantitative estimate of drug-likeness (QED) is 0.665. The highest BCUT2D eigenvalue weighted by Crippen LogP contribution is 2.24.